The van der Waals surface area contributed by atoms with Gasteiger partial charge in [0.25, 0.3) is 5.56 Å². The first-order valence-electron chi connectivity index (χ1n) is 3.44. The Kier molecular flexibility index (Phi) is 1.36. The molecule has 0 bridgehead atoms. The molecule has 0 saturated heterocycles. The lowest BCUT2D eigenvalue weighted by Gasteiger charge is -1.95. The number of hydrogen-bond acceptors (Lipinski definition) is 4. The Morgan fingerprint density at radius 1 is 1.42 bits per heavy atom. The van der Waals surface area contributed by atoms with Gasteiger partial charge in [0.05, 0.1) is 11.9 Å². The molecule has 12 heavy (non-hydrogen) atoms. The van der Waals surface area contributed by atoms with Crippen LogP contribution in [-0.2, 0) is 0 Å². The molecule has 1 N–H and O–H groups in total. The average Bonchev–Trinajstić information content (AvgIpc) is 2.07. The minimum atomic E-state index is -0.280. The van der Waals surface area contributed by atoms with Gasteiger partial charge in [0.2, 0.25) is 0 Å². The van der Waals surface area contributed by atoms with Crippen LogP contribution in [0.4, 0.5) is 0 Å². The Hall–Kier alpha value is -1.78. The van der Waals surface area contributed by atoms with E-state index in [-0.39, 0.29) is 5.56 Å². The van der Waals surface area contributed by atoms with Gasteiger partial charge in [-0.25, -0.2) is 15.1 Å². The van der Waals surface area contributed by atoms with Gasteiger partial charge in [-0.2, -0.15) is 5.10 Å². The van der Waals surface area contributed by atoms with Gasteiger partial charge in [0.15, 0.2) is 0 Å². The van der Waals surface area contributed by atoms with Crippen molar-refractivity contribution in [2.24, 2.45) is 0 Å². The van der Waals surface area contributed by atoms with Crippen LogP contribution in [0.5, 0.6) is 0 Å². The van der Waals surface area contributed by atoms with Crippen LogP contribution in [0.25, 0.3) is 10.9 Å². The van der Waals surface area contributed by atoms with Crippen molar-refractivity contribution in [2.75, 3.05) is 0 Å². The number of nitrogens with one attached hydrogen (secondary N) is 1. The number of aromatic amines is 1. The van der Waals surface area contributed by atoms with Crippen LogP contribution in [-0.4, -0.2) is 20.2 Å². The first-order valence-corrected chi connectivity index (χ1v) is 3.44. The van der Waals surface area contributed by atoms with Gasteiger partial charge < -0.3 is 0 Å². The summed E-state index contributed by atoms with van der Waals surface area (Å²) < 4.78 is 0. The van der Waals surface area contributed by atoms with E-state index in [2.05, 4.69) is 20.2 Å². The lowest BCUT2D eigenvalue weighted by atomic mass is 10.3. The molecule has 2 aromatic rings. The van der Waals surface area contributed by atoms with E-state index in [0.717, 1.165) is 5.69 Å². The predicted octanol–water partition coefficient (Wildman–Crippen LogP) is 0.0215. The number of fused-ring (bicyclic) bond motifs is 1. The molecule has 60 valence electrons. The molecular formula is C7H6N4O. The SMILES string of the molecule is Cc1ncnc2c(=O)[nH]ncc12. The fraction of sp³-hybridized carbons (Fsp3) is 0.143. The summed E-state index contributed by atoms with van der Waals surface area (Å²) in [6.45, 7) is 1.81. The fourth-order valence-electron chi connectivity index (χ4n) is 1.03. The first kappa shape index (κ1) is 6.90. The molecule has 0 spiro atoms. The normalized spacial score (nSPS) is 10.4. The van der Waals surface area contributed by atoms with Gasteiger partial charge >= 0.3 is 0 Å². The lowest BCUT2D eigenvalue weighted by molar-refractivity contribution is 0.991. The Morgan fingerprint density at radius 3 is 3.00 bits per heavy atom. The van der Waals surface area contributed by atoms with Crippen LogP contribution in [0, 0.1) is 6.92 Å². The molecule has 0 aliphatic carbocycles. The summed E-state index contributed by atoms with van der Waals surface area (Å²) in [6, 6.07) is 0. The van der Waals surface area contributed by atoms with E-state index in [4.69, 9.17) is 0 Å². The zero-order valence-corrected chi connectivity index (χ0v) is 6.40. The number of nitrogens with zero attached hydrogens (tertiary/aromatic N) is 3. The molecule has 0 aliphatic rings. The molecule has 0 atom stereocenters. The highest BCUT2D eigenvalue weighted by molar-refractivity contribution is 5.77. The van der Waals surface area contributed by atoms with E-state index in [1.54, 1.807) is 6.20 Å². The Balaban J connectivity index is 3.05. The summed E-state index contributed by atoms with van der Waals surface area (Å²) in [5.41, 5.74) is 0.870. The van der Waals surface area contributed by atoms with E-state index >= 15 is 0 Å². The molecule has 0 aliphatic heterocycles. The Morgan fingerprint density at radius 2 is 2.25 bits per heavy atom. The second-order valence-electron chi connectivity index (χ2n) is 2.42. The van der Waals surface area contributed by atoms with Crippen molar-refractivity contribution >= 4 is 10.9 Å². The number of H-pyrrole nitrogens is 1. The molecule has 0 unspecified atom stereocenters. The van der Waals surface area contributed by atoms with Crippen LogP contribution in [0.15, 0.2) is 17.3 Å². The highest BCUT2D eigenvalue weighted by Gasteiger charge is 2.01. The highest BCUT2D eigenvalue weighted by Crippen LogP contribution is 2.05. The smallest absolute Gasteiger partial charge is 0.266 e. The molecule has 0 fully saturated rings. The standard InChI is InChI=1S/C7H6N4O/c1-4-5-2-10-11-7(12)6(5)9-3-8-4/h2-3H,1H3,(H,11,12). The summed E-state index contributed by atoms with van der Waals surface area (Å²) in [5.74, 6) is 0. The maximum atomic E-state index is 11.1. The van der Waals surface area contributed by atoms with Crippen molar-refractivity contribution in [3.8, 4) is 0 Å². The first-order chi connectivity index (χ1) is 5.79. The number of aromatic nitrogens is 4. The summed E-state index contributed by atoms with van der Waals surface area (Å²) in [4.78, 5) is 18.9. The van der Waals surface area contributed by atoms with Crippen LogP contribution < -0.4 is 5.56 Å². The molecule has 0 amide bonds. The molecule has 5 nitrogen and oxygen atoms in total. The largest absolute Gasteiger partial charge is 0.290 e. The second-order valence-corrected chi connectivity index (χ2v) is 2.42. The van der Waals surface area contributed by atoms with Crippen LogP contribution >= 0.6 is 0 Å². The van der Waals surface area contributed by atoms with Crippen LogP contribution in [0.3, 0.4) is 0 Å². The van der Waals surface area contributed by atoms with Gasteiger partial charge in [0.1, 0.15) is 11.8 Å². The number of aryl methyl sites for hydroxylation is 1. The van der Waals surface area contributed by atoms with E-state index in [9.17, 15) is 4.79 Å². The molecule has 0 radical (unpaired) electrons. The van der Waals surface area contributed by atoms with Gasteiger partial charge in [-0.15, -0.1) is 0 Å². The van der Waals surface area contributed by atoms with Crippen molar-refractivity contribution in [3.63, 3.8) is 0 Å². The molecule has 2 heterocycles. The average molecular weight is 162 g/mol. The van der Waals surface area contributed by atoms with Gasteiger partial charge in [-0.3, -0.25) is 4.79 Å². The van der Waals surface area contributed by atoms with Crippen molar-refractivity contribution in [1.29, 1.82) is 0 Å². The third-order valence-electron chi connectivity index (χ3n) is 1.66. The zero-order chi connectivity index (χ0) is 8.55. The van der Waals surface area contributed by atoms with Crippen LogP contribution in [0.1, 0.15) is 5.69 Å². The summed E-state index contributed by atoms with van der Waals surface area (Å²) in [7, 11) is 0. The van der Waals surface area contributed by atoms with Crippen molar-refractivity contribution in [2.45, 2.75) is 6.92 Å². The van der Waals surface area contributed by atoms with E-state index < -0.39 is 0 Å². The van der Waals surface area contributed by atoms with Crippen molar-refractivity contribution in [3.05, 3.63) is 28.6 Å². The maximum Gasteiger partial charge on any atom is 0.290 e. The molecule has 2 rings (SSSR count). The van der Waals surface area contributed by atoms with Crippen molar-refractivity contribution < 1.29 is 0 Å². The summed E-state index contributed by atoms with van der Waals surface area (Å²) >= 11 is 0. The van der Waals surface area contributed by atoms with Gasteiger partial charge in [-0.05, 0) is 6.92 Å². The highest BCUT2D eigenvalue weighted by atomic mass is 16.1. The Labute approximate surface area is 67.5 Å². The van der Waals surface area contributed by atoms with Gasteiger partial charge in [-0.1, -0.05) is 0 Å². The lowest BCUT2D eigenvalue weighted by Crippen LogP contribution is -2.09. The van der Waals surface area contributed by atoms with Gasteiger partial charge in [0, 0.05) is 5.39 Å². The molecule has 2 aromatic heterocycles. The number of hydrogen-bond donors (Lipinski definition) is 1. The molecule has 0 saturated carbocycles. The minimum Gasteiger partial charge on any atom is -0.266 e. The number of rotatable bonds is 0. The predicted molar refractivity (Wildman–Crippen MR) is 42.7 cm³/mol. The third-order valence-corrected chi connectivity index (χ3v) is 1.66. The summed E-state index contributed by atoms with van der Waals surface area (Å²) in [6.07, 6.45) is 2.92. The van der Waals surface area contributed by atoms with Crippen LogP contribution in [0.2, 0.25) is 0 Å². The quantitative estimate of drug-likeness (QED) is 0.592. The van der Waals surface area contributed by atoms with E-state index in [0.29, 0.717) is 10.9 Å². The topological polar surface area (TPSA) is 71.5 Å². The Bertz CT molecular complexity index is 476. The third kappa shape index (κ3) is 0.868. The molecule has 0 aromatic carbocycles. The summed E-state index contributed by atoms with van der Waals surface area (Å²) in [5, 5.41) is 6.66. The van der Waals surface area contributed by atoms with E-state index in [1.165, 1.54) is 6.33 Å². The maximum absolute atomic E-state index is 11.1. The van der Waals surface area contributed by atoms with E-state index in [1.807, 2.05) is 6.92 Å². The second kappa shape index (κ2) is 2.37. The monoisotopic (exact) mass is 162 g/mol. The molecular weight excluding hydrogens is 156 g/mol. The van der Waals surface area contributed by atoms with Crippen molar-refractivity contribution in [1.82, 2.24) is 20.2 Å². The molecule has 5 heteroatoms. The fourth-order valence-corrected chi connectivity index (χ4v) is 1.03. The zero-order valence-electron chi connectivity index (χ0n) is 6.40. The minimum absolute atomic E-state index is 0.280.